The Labute approximate surface area is 241 Å². The van der Waals surface area contributed by atoms with Crippen LogP contribution in [0, 0.1) is 22.0 Å². The summed E-state index contributed by atoms with van der Waals surface area (Å²) >= 11 is 0. The van der Waals surface area contributed by atoms with E-state index in [0.717, 1.165) is 32.8 Å². The highest BCUT2D eigenvalue weighted by Gasteiger charge is 2.61. The number of amides is 2. The number of carbonyl (C=O) groups is 2. The topological polar surface area (TPSA) is 111 Å². The number of non-ortho nitro benzene ring substituents is 1. The highest BCUT2D eigenvalue weighted by Crippen LogP contribution is 2.60. The molecule has 1 fully saturated rings. The summed E-state index contributed by atoms with van der Waals surface area (Å²) in [6.07, 6.45) is 1.48. The zero-order chi connectivity index (χ0) is 29.0. The Hall–Kier alpha value is -5.31. The van der Waals surface area contributed by atoms with E-state index >= 15 is 0 Å². The number of nitrogens with zero attached hydrogens (tertiary/aromatic N) is 3. The van der Waals surface area contributed by atoms with Crippen LogP contribution in [0.5, 0.6) is 11.5 Å². The van der Waals surface area contributed by atoms with Crippen LogP contribution in [0.4, 0.5) is 5.69 Å². The number of methoxy groups -OCH3 is 1. The number of hydrogen-bond acceptors (Lipinski definition) is 7. The van der Waals surface area contributed by atoms with Gasteiger partial charge in [-0.05, 0) is 63.7 Å². The van der Waals surface area contributed by atoms with Gasteiger partial charge >= 0.3 is 0 Å². The molecular weight excluding hydrogens is 534 g/mol. The predicted octanol–water partition coefficient (Wildman–Crippen LogP) is 5.41. The zero-order valence-electron chi connectivity index (χ0n) is 22.5. The van der Waals surface area contributed by atoms with Gasteiger partial charge in [0, 0.05) is 24.0 Å². The summed E-state index contributed by atoms with van der Waals surface area (Å²) < 4.78 is 11.4. The summed E-state index contributed by atoms with van der Waals surface area (Å²) in [5.41, 5.74) is 5.86. The minimum absolute atomic E-state index is 0.0101. The SMILES string of the molecule is COc1cc(/C=N\N2C(=O)[C@@H]3C4c5ccccc5C(c5ccccc54)[C@@H]3C2=O)ccc1OCc1ccc([N+](=O)[O-])cc1. The number of hydrazone groups is 1. The van der Waals surface area contributed by atoms with Crippen molar-refractivity contribution in [3.63, 3.8) is 0 Å². The molecule has 0 N–H and O–H groups in total. The molecular formula is C33H25N3O6. The Morgan fingerprint density at radius 3 is 1.86 bits per heavy atom. The standard InChI is InChI=1S/C33H25N3O6/c1-41-27-16-20(12-15-26(27)42-18-19-10-13-21(14-11-19)36(39)40)17-34-35-32(37)30-28-22-6-2-3-7-23(22)29(31(30)33(35)38)25-9-5-4-8-24(25)28/h2-17,28-31H,18H2,1H3/b34-17-/t28?,29?,30-,31+. The minimum atomic E-state index is -0.491. The molecule has 42 heavy (non-hydrogen) atoms. The number of carbonyl (C=O) groups excluding carboxylic acids is 2. The molecule has 208 valence electrons. The summed E-state index contributed by atoms with van der Waals surface area (Å²) in [6, 6.07) is 27.5. The van der Waals surface area contributed by atoms with Crippen LogP contribution in [-0.4, -0.2) is 35.1 Å². The van der Waals surface area contributed by atoms with Gasteiger partial charge in [-0.1, -0.05) is 48.5 Å². The first-order valence-electron chi connectivity index (χ1n) is 13.6. The Kier molecular flexibility index (Phi) is 6.08. The summed E-state index contributed by atoms with van der Waals surface area (Å²) in [5.74, 6) is -1.00. The molecule has 0 radical (unpaired) electrons. The molecule has 9 heteroatoms. The molecule has 1 saturated heterocycles. The molecule has 4 aromatic rings. The van der Waals surface area contributed by atoms with Crippen LogP contribution in [0.2, 0.25) is 0 Å². The maximum absolute atomic E-state index is 13.7. The quantitative estimate of drug-likeness (QED) is 0.130. The van der Waals surface area contributed by atoms with Crippen molar-refractivity contribution in [2.24, 2.45) is 16.9 Å². The summed E-state index contributed by atoms with van der Waals surface area (Å²) in [4.78, 5) is 37.9. The fraction of sp³-hybridized carbons (Fsp3) is 0.182. The second-order valence-corrected chi connectivity index (χ2v) is 10.6. The molecule has 4 aliphatic rings. The zero-order valence-corrected chi connectivity index (χ0v) is 22.5. The molecule has 8 rings (SSSR count). The molecule has 0 spiro atoms. The average Bonchev–Trinajstić information content (AvgIpc) is 3.28. The highest BCUT2D eigenvalue weighted by atomic mass is 16.6. The second kappa shape index (κ2) is 9.95. The van der Waals surface area contributed by atoms with E-state index in [1.54, 1.807) is 30.3 Å². The molecule has 2 bridgehead atoms. The van der Waals surface area contributed by atoms with Gasteiger partial charge in [0.15, 0.2) is 11.5 Å². The van der Waals surface area contributed by atoms with Crippen LogP contribution < -0.4 is 9.47 Å². The Bertz CT molecular complexity index is 1670. The second-order valence-electron chi connectivity index (χ2n) is 10.6. The number of imide groups is 1. The van der Waals surface area contributed by atoms with Crippen molar-refractivity contribution >= 4 is 23.7 Å². The molecule has 0 aromatic heterocycles. The van der Waals surface area contributed by atoms with E-state index in [4.69, 9.17) is 9.47 Å². The normalized spacial score (nSPS) is 21.7. The lowest BCUT2D eigenvalue weighted by Crippen LogP contribution is -2.41. The van der Waals surface area contributed by atoms with Crippen LogP contribution >= 0.6 is 0 Å². The molecule has 0 saturated carbocycles. The molecule has 2 amide bonds. The maximum Gasteiger partial charge on any atom is 0.269 e. The monoisotopic (exact) mass is 559 g/mol. The van der Waals surface area contributed by atoms with E-state index in [1.165, 1.54) is 25.5 Å². The average molecular weight is 560 g/mol. The molecule has 1 aliphatic heterocycles. The van der Waals surface area contributed by atoms with Crippen molar-refractivity contribution in [1.82, 2.24) is 5.01 Å². The van der Waals surface area contributed by atoms with Crippen molar-refractivity contribution in [2.75, 3.05) is 7.11 Å². The Morgan fingerprint density at radius 2 is 1.36 bits per heavy atom. The van der Waals surface area contributed by atoms with Gasteiger partial charge in [-0.15, -0.1) is 0 Å². The fourth-order valence-electron chi connectivity index (χ4n) is 6.66. The minimum Gasteiger partial charge on any atom is -0.493 e. The third-order valence-electron chi connectivity index (χ3n) is 8.48. The lowest BCUT2D eigenvalue weighted by molar-refractivity contribution is -0.384. The predicted molar refractivity (Wildman–Crippen MR) is 153 cm³/mol. The molecule has 3 aliphatic carbocycles. The number of nitro groups is 1. The fourth-order valence-corrected chi connectivity index (χ4v) is 6.66. The van der Waals surface area contributed by atoms with E-state index < -0.39 is 16.8 Å². The van der Waals surface area contributed by atoms with Crippen molar-refractivity contribution in [1.29, 1.82) is 0 Å². The van der Waals surface area contributed by atoms with Gasteiger partial charge < -0.3 is 9.47 Å². The van der Waals surface area contributed by atoms with E-state index in [1.807, 2.05) is 24.3 Å². The molecule has 1 heterocycles. The molecule has 4 aromatic carbocycles. The van der Waals surface area contributed by atoms with Gasteiger partial charge in [0.05, 0.1) is 30.1 Å². The number of nitro benzene ring substituents is 1. The van der Waals surface area contributed by atoms with E-state index in [0.29, 0.717) is 17.1 Å². The van der Waals surface area contributed by atoms with Crippen molar-refractivity contribution in [2.45, 2.75) is 18.4 Å². The number of benzene rings is 4. The van der Waals surface area contributed by atoms with Gasteiger partial charge in [0.1, 0.15) is 6.61 Å². The van der Waals surface area contributed by atoms with E-state index in [9.17, 15) is 19.7 Å². The van der Waals surface area contributed by atoms with Crippen LogP contribution in [0.1, 0.15) is 45.2 Å². The van der Waals surface area contributed by atoms with E-state index in [-0.39, 0.29) is 35.9 Å². The van der Waals surface area contributed by atoms with Crippen LogP contribution in [0.15, 0.2) is 96.1 Å². The lowest BCUT2D eigenvalue weighted by atomic mass is 9.55. The van der Waals surface area contributed by atoms with Gasteiger partial charge in [-0.25, -0.2) is 0 Å². The van der Waals surface area contributed by atoms with Gasteiger partial charge in [-0.2, -0.15) is 10.1 Å². The first-order chi connectivity index (χ1) is 20.5. The molecule has 2 atom stereocenters. The van der Waals surface area contributed by atoms with Crippen molar-refractivity contribution < 1.29 is 24.0 Å². The van der Waals surface area contributed by atoms with Crippen LogP contribution in [-0.2, 0) is 16.2 Å². The van der Waals surface area contributed by atoms with Gasteiger partial charge in [-0.3, -0.25) is 19.7 Å². The van der Waals surface area contributed by atoms with Gasteiger partial charge in [0.2, 0.25) is 0 Å². The van der Waals surface area contributed by atoms with Crippen LogP contribution in [0.25, 0.3) is 0 Å². The molecule has 0 unspecified atom stereocenters. The Morgan fingerprint density at radius 1 is 0.810 bits per heavy atom. The van der Waals surface area contributed by atoms with Crippen LogP contribution in [0.3, 0.4) is 0 Å². The van der Waals surface area contributed by atoms with Crippen molar-refractivity contribution in [3.8, 4) is 11.5 Å². The number of ether oxygens (including phenoxy) is 2. The van der Waals surface area contributed by atoms with Gasteiger partial charge in [0.25, 0.3) is 17.5 Å². The largest absolute Gasteiger partial charge is 0.493 e. The highest BCUT2D eigenvalue weighted by molar-refractivity contribution is 6.08. The first-order valence-corrected chi connectivity index (χ1v) is 13.6. The third kappa shape index (κ3) is 3.96. The van der Waals surface area contributed by atoms with E-state index in [2.05, 4.69) is 29.4 Å². The number of rotatable bonds is 7. The number of hydrogen-bond donors (Lipinski definition) is 0. The smallest absolute Gasteiger partial charge is 0.269 e. The molecule has 9 nitrogen and oxygen atoms in total. The third-order valence-corrected chi connectivity index (χ3v) is 8.48. The summed E-state index contributed by atoms with van der Waals surface area (Å²) in [7, 11) is 1.51. The first kappa shape index (κ1) is 25.6. The summed E-state index contributed by atoms with van der Waals surface area (Å²) in [5, 5.41) is 16.3. The summed E-state index contributed by atoms with van der Waals surface area (Å²) in [6.45, 7) is 0.189. The maximum atomic E-state index is 13.7. The Balaban J connectivity index is 1.12. The van der Waals surface area contributed by atoms with Crippen molar-refractivity contribution in [3.05, 3.63) is 134 Å². The lowest BCUT2D eigenvalue weighted by Gasteiger charge is -2.45.